The number of phenols is 1. The van der Waals surface area contributed by atoms with Crippen molar-refractivity contribution in [2.75, 3.05) is 7.05 Å². The van der Waals surface area contributed by atoms with Crippen LogP contribution in [0, 0.1) is 0 Å². The van der Waals surface area contributed by atoms with Gasteiger partial charge in [0.1, 0.15) is 17.1 Å². The van der Waals surface area contributed by atoms with Gasteiger partial charge in [0.15, 0.2) is 5.43 Å². The maximum Gasteiger partial charge on any atom is 0.251 e. The Balaban J connectivity index is 2.18. The van der Waals surface area contributed by atoms with Crippen LogP contribution < -0.4 is 10.7 Å². The van der Waals surface area contributed by atoms with Crippen molar-refractivity contribution in [2.45, 2.75) is 0 Å². The SMILES string of the molecule is CNC(=O)c1ccccc1-c1c2ccc(=O)cc-2oc2cc(O)ccc12. The molecule has 5 nitrogen and oxygen atoms in total. The molecule has 0 spiro atoms. The van der Waals surface area contributed by atoms with Gasteiger partial charge in [0.2, 0.25) is 0 Å². The second kappa shape index (κ2) is 6.04. The Bertz CT molecular complexity index is 1180. The molecule has 0 radical (unpaired) electrons. The van der Waals surface area contributed by atoms with Crippen molar-refractivity contribution in [3.05, 3.63) is 76.5 Å². The molecule has 1 heterocycles. The minimum atomic E-state index is -0.207. The molecule has 2 N–H and O–H groups in total. The molecular weight excluding hydrogens is 330 g/mol. The molecule has 2 aliphatic rings. The van der Waals surface area contributed by atoms with E-state index in [0.717, 1.165) is 22.1 Å². The molecule has 1 amide bonds. The zero-order chi connectivity index (χ0) is 18.3. The summed E-state index contributed by atoms with van der Waals surface area (Å²) in [4.78, 5) is 24.1. The lowest BCUT2D eigenvalue weighted by Gasteiger charge is -2.17. The van der Waals surface area contributed by atoms with Crippen LogP contribution in [-0.4, -0.2) is 18.1 Å². The van der Waals surface area contributed by atoms with Crippen LogP contribution in [-0.2, 0) is 0 Å². The van der Waals surface area contributed by atoms with Gasteiger partial charge in [0.25, 0.3) is 5.91 Å². The minimum Gasteiger partial charge on any atom is -0.508 e. The minimum absolute atomic E-state index is 0.0596. The number of benzene rings is 3. The molecular formula is C21H15NO4. The van der Waals surface area contributed by atoms with E-state index in [-0.39, 0.29) is 17.1 Å². The monoisotopic (exact) mass is 345 g/mol. The molecule has 0 atom stereocenters. The highest BCUT2D eigenvalue weighted by Gasteiger charge is 2.21. The fourth-order valence-electron chi connectivity index (χ4n) is 3.18. The van der Waals surface area contributed by atoms with E-state index in [0.29, 0.717) is 16.9 Å². The van der Waals surface area contributed by atoms with Gasteiger partial charge in [0.05, 0.1) is 0 Å². The first-order chi connectivity index (χ1) is 12.6. The van der Waals surface area contributed by atoms with Crippen molar-refractivity contribution in [1.82, 2.24) is 5.32 Å². The second-order valence-electron chi connectivity index (χ2n) is 5.94. The molecule has 1 aliphatic heterocycles. The van der Waals surface area contributed by atoms with Crippen molar-refractivity contribution in [3.63, 3.8) is 0 Å². The van der Waals surface area contributed by atoms with Crippen LogP contribution in [0.4, 0.5) is 0 Å². The molecule has 128 valence electrons. The van der Waals surface area contributed by atoms with E-state index in [1.54, 1.807) is 37.4 Å². The van der Waals surface area contributed by atoms with Gasteiger partial charge in [0, 0.05) is 41.3 Å². The van der Waals surface area contributed by atoms with Gasteiger partial charge in [-0.25, -0.2) is 0 Å². The number of carbonyl (C=O) groups excluding carboxylic acids is 1. The zero-order valence-electron chi connectivity index (χ0n) is 13.9. The molecule has 2 aromatic rings. The summed E-state index contributed by atoms with van der Waals surface area (Å²) in [6, 6.07) is 16.6. The van der Waals surface area contributed by atoms with E-state index >= 15 is 0 Å². The second-order valence-corrected chi connectivity index (χ2v) is 5.94. The predicted octanol–water partition coefficient (Wildman–Crippen LogP) is 3.63. The maximum atomic E-state index is 12.4. The van der Waals surface area contributed by atoms with Crippen LogP contribution in [0.1, 0.15) is 10.4 Å². The van der Waals surface area contributed by atoms with Crippen LogP contribution in [0.3, 0.4) is 0 Å². The largest absolute Gasteiger partial charge is 0.508 e. The zero-order valence-corrected chi connectivity index (χ0v) is 13.9. The summed E-state index contributed by atoms with van der Waals surface area (Å²) in [6.07, 6.45) is 0. The van der Waals surface area contributed by atoms with Gasteiger partial charge in [-0.15, -0.1) is 0 Å². The fraction of sp³-hybridized carbons (Fsp3) is 0.0476. The molecule has 0 aromatic heterocycles. The first-order valence-corrected chi connectivity index (χ1v) is 8.09. The Morgan fingerprint density at radius 2 is 1.81 bits per heavy atom. The Morgan fingerprint density at radius 1 is 1.00 bits per heavy atom. The summed E-state index contributed by atoms with van der Waals surface area (Å²) in [7, 11) is 1.58. The molecule has 5 heteroatoms. The van der Waals surface area contributed by atoms with E-state index < -0.39 is 0 Å². The lowest BCUT2D eigenvalue weighted by molar-refractivity contribution is 0.0963. The van der Waals surface area contributed by atoms with Crippen molar-refractivity contribution in [3.8, 4) is 28.2 Å². The first kappa shape index (κ1) is 15.9. The highest BCUT2D eigenvalue weighted by atomic mass is 16.3. The van der Waals surface area contributed by atoms with E-state index in [9.17, 15) is 14.7 Å². The molecule has 0 bridgehead atoms. The number of amides is 1. The Hall–Kier alpha value is -3.60. The van der Waals surface area contributed by atoms with Gasteiger partial charge in [-0.05, 0) is 35.9 Å². The highest BCUT2D eigenvalue weighted by Crippen LogP contribution is 2.41. The molecule has 26 heavy (non-hydrogen) atoms. The van der Waals surface area contributed by atoms with Crippen LogP contribution in [0.25, 0.3) is 33.4 Å². The van der Waals surface area contributed by atoms with E-state index in [4.69, 9.17) is 4.42 Å². The molecule has 1 aliphatic carbocycles. The predicted molar refractivity (Wildman–Crippen MR) is 99.6 cm³/mol. The number of rotatable bonds is 2. The number of hydrogen-bond acceptors (Lipinski definition) is 4. The quantitative estimate of drug-likeness (QED) is 0.544. The van der Waals surface area contributed by atoms with E-state index in [2.05, 4.69) is 5.32 Å². The van der Waals surface area contributed by atoms with Crippen LogP contribution in [0.15, 0.2) is 69.9 Å². The number of carbonyl (C=O) groups is 1. The first-order valence-electron chi connectivity index (χ1n) is 8.09. The maximum absolute atomic E-state index is 12.4. The molecule has 0 saturated heterocycles. The summed E-state index contributed by atoms with van der Waals surface area (Å²) in [5.74, 6) is 0.253. The summed E-state index contributed by atoms with van der Waals surface area (Å²) < 4.78 is 5.84. The number of phenolic OH excluding ortho intramolecular Hbond substituents is 1. The smallest absolute Gasteiger partial charge is 0.251 e. The highest BCUT2D eigenvalue weighted by molar-refractivity contribution is 6.09. The van der Waals surface area contributed by atoms with Gasteiger partial charge in [-0.2, -0.15) is 0 Å². The molecule has 0 saturated carbocycles. The third-order valence-corrected chi connectivity index (χ3v) is 4.34. The number of nitrogens with one attached hydrogen (secondary N) is 1. The van der Waals surface area contributed by atoms with Crippen molar-refractivity contribution in [2.24, 2.45) is 0 Å². The number of hydrogen-bond donors (Lipinski definition) is 2. The molecule has 0 unspecified atom stereocenters. The summed E-state index contributed by atoms with van der Waals surface area (Å²) in [6.45, 7) is 0. The summed E-state index contributed by atoms with van der Waals surface area (Å²) in [5.41, 5.74) is 3.00. The molecule has 4 rings (SSSR count). The van der Waals surface area contributed by atoms with Crippen molar-refractivity contribution >= 4 is 16.9 Å². The van der Waals surface area contributed by atoms with E-state index in [1.807, 2.05) is 12.1 Å². The average Bonchev–Trinajstić information content (AvgIpc) is 2.65. The normalized spacial score (nSPS) is 11.0. The average molecular weight is 345 g/mol. The summed E-state index contributed by atoms with van der Waals surface area (Å²) in [5, 5.41) is 13.2. The lowest BCUT2D eigenvalue weighted by Crippen LogP contribution is -2.18. The Labute approximate surface area is 148 Å². The Kier molecular flexibility index (Phi) is 3.69. The lowest BCUT2D eigenvalue weighted by atomic mass is 9.90. The number of aromatic hydroxyl groups is 1. The van der Waals surface area contributed by atoms with Crippen molar-refractivity contribution in [1.29, 1.82) is 0 Å². The topological polar surface area (TPSA) is 79.5 Å². The van der Waals surface area contributed by atoms with Gasteiger partial charge >= 0.3 is 0 Å². The molecule has 0 fully saturated rings. The van der Waals surface area contributed by atoms with E-state index in [1.165, 1.54) is 18.2 Å². The van der Waals surface area contributed by atoms with Gasteiger partial charge in [-0.1, -0.05) is 18.2 Å². The third kappa shape index (κ3) is 2.50. The van der Waals surface area contributed by atoms with Crippen LogP contribution in [0.2, 0.25) is 0 Å². The molecule has 2 aromatic carbocycles. The Morgan fingerprint density at radius 3 is 2.62 bits per heavy atom. The fourth-order valence-corrected chi connectivity index (χ4v) is 3.18. The van der Waals surface area contributed by atoms with Crippen LogP contribution >= 0.6 is 0 Å². The number of fused-ring (bicyclic) bond motifs is 2. The van der Waals surface area contributed by atoms with Crippen LogP contribution in [0.5, 0.6) is 5.75 Å². The van der Waals surface area contributed by atoms with Crippen molar-refractivity contribution < 1.29 is 14.3 Å². The standard InChI is InChI=1S/C21H15NO4/c1-22-21(25)15-5-3-2-4-14(15)20-16-8-6-12(23)10-18(16)26-19-11-13(24)7-9-17(19)20/h2-11,23H,1H3,(H,22,25). The summed E-state index contributed by atoms with van der Waals surface area (Å²) >= 11 is 0. The van der Waals surface area contributed by atoms with Gasteiger partial charge < -0.3 is 14.8 Å². The third-order valence-electron chi connectivity index (χ3n) is 4.34. The van der Waals surface area contributed by atoms with Gasteiger partial charge in [-0.3, -0.25) is 9.59 Å².